The van der Waals surface area contributed by atoms with Crippen LogP contribution in [0.5, 0.6) is 0 Å². The molecule has 2 rings (SSSR count). The molecule has 0 aliphatic rings. The van der Waals surface area contributed by atoms with Gasteiger partial charge in [0.25, 0.3) is 0 Å². The van der Waals surface area contributed by atoms with E-state index in [9.17, 15) is 13.2 Å². The van der Waals surface area contributed by atoms with E-state index in [4.69, 9.17) is 23.2 Å². The number of benzene rings is 2. The smallest absolute Gasteiger partial charge is 0.242 e. The van der Waals surface area contributed by atoms with Crippen molar-refractivity contribution in [2.75, 3.05) is 5.32 Å². The Bertz CT molecular complexity index is 936. The molecule has 2 N–H and O–H groups in total. The van der Waals surface area contributed by atoms with Gasteiger partial charge in [0.1, 0.15) is 0 Å². The molecule has 26 heavy (non-hydrogen) atoms. The minimum atomic E-state index is -3.86. The Morgan fingerprint density at radius 3 is 2.19 bits per heavy atom. The number of carbonyl (C=O) groups is 1. The largest absolute Gasteiger partial charge is 0.323 e. The van der Waals surface area contributed by atoms with E-state index in [0.717, 1.165) is 5.56 Å². The first kappa shape index (κ1) is 20.7. The Morgan fingerprint density at radius 1 is 1.04 bits per heavy atom. The third kappa shape index (κ3) is 4.76. The van der Waals surface area contributed by atoms with E-state index < -0.39 is 22.0 Å². The Labute approximate surface area is 163 Å². The molecule has 0 bridgehead atoms. The third-order valence-corrected chi connectivity index (χ3v) is 6.19. The van der Waals surface area contributed by atoms with Crippen molar-refractivity contribution in [2.45, 2.75) is 38.6 Å². The van der Waals surface area contributed by atoms with E-state index in [1.165, 1.54) is 13.0 Å². The molecule has 0 spiro atoms. The quantitative estimate of drug-likeness (QED) is 0.768. The van der Waals surface area contributed by atoms with E-state index in [2.05, 4.69) is 10.0 Å². The number of halogens is 2. The fraction of sp³-hybridized carbons (Fsp3) is 0.278. The number of amides is 1. The van der Waals surface area contributed by atoms with Crippen LogP contribution in [0.2, 0.25) is 10.0 Å². The topological polar surface area (TPSA) is 75.3 Å². The van der Waals surface area contributed by atoms with E-state index >= 15 is 0 Å². The van der Waals surface area contributed by atoms with Gasteiger partial charge in [0.05, 0.1) is 21.6 Å². The summed E-state index contributed by atoms with van der Waals surface area (Å²) in [5.74, 6) is -0.542. The summed E-state index contributed by atoms with van der Waals surface area (Å²) in [5.41, 5.74) is 2.54. The fourth-order valence-electron chi connectivity index (χ4n) is 2.77. The van der Waals surface area contributed by atoms with Gasteiger partial charge >= 0.3 is 0 Å². The van der Waals surface area contributed by atoms with Crippen molar-refractivity contribution in [1.29, 1.82) is 0 Å². The molecule has 140 valence electrons. The molecular weight excluding hydrogens is 395 g/mol. The van der Waals surface area contributed by atoms with Crippen molar-refractivity contribution >= 4 is 44.8 Å². The summed E-state index contributed by atoms with van der Waals surface area (Å²) in [6.07, 6.45) is 0. The molecule has 0 aromatic heterocycles. The molecule has 2 aromatic rings. The molecular formula is C18H20Cl2N2O3S. The first-order chi connectivity index (χ1) is 12.0. The maximum absolute atomic E-state index is 12.7. The lowest BCUT2D eigenvalue weighted by atomic mass is 10.1. The highest BCUT2D eigenvalue weighted by molar-refractivity contribution is 7.89. The number of nitrogens with one attached hydrogen (secondary N) is 2. The molecule has 0 aliphatic heterocycles. The second-order valence-electron chi connectivity index (χ2n) is 6.18. The summed E-state index contributed by atoms with van der Waals surface area (Å²) in [6, 6.07) is 7.21. The lowest BCUT2D eigenvalue weighted by Gasteiger charge is -2.18. The molecule has 1 unspecified atom stereocenters. The highest BCUT2D eigenvalue weighted by Gasteiger charge is 2.25. The van der Waals surface area contributed by atoms with Gasteiger partial charge in [-0.3, -0.25) is 4.79 Å². The minimum Gasteiger partial charge on any atom is -0.323 e. The van der Waals surface area contributed by atoms with E-state index in [1.807, 2.05) is 6.92 Å². The van der Waals surface area contributed by atoms with Crippen LogP contribution in [0.4, 0.5) is 5.69 Å². The normalized spacial score (nSPS) is 12.7. The predicted octanol–water partition coefficient (Wildman–Crippen LogP) is 4.22. The van der Waals surface area contributed by atoms with Gasteiger partial charge in [-0.2, -0.15) is 4.72 Å². The number of sulfonamides is 1. The average Bonchev–Trinajstić information content (AvgIpc) is 2.48. The summed E-state index contributed by atoms with van der Waals surface area (Å²) in [4.78, 5) is 12.6. The second kappa shape index (κ2) is 7.96. The molecule has 1 atom stereocenters. The lowest BCUT2D eigenvalue weighted by Crippen LogP contribution is -2.42. The zero-order valence-electron chi connectivity index (χ0n) is 14.9. The van der Waals surface area contributed by atoms with Crippen LogP contribution in [-0.2, 0) is 14.8 Å². The fourth-order valence-corrected chi connectivity index (χ4v) is 4.76. The van der Waals surface area contributed by atoms with Gasteiger partial charge < -0.3 is 5.32 Å². The number of hydrogen-bond donors (Lipinski definition) is 2. The molecule has 0 aliphatic carbocycles. The van der Waals surface area contributed by atoms with Gasteiger partial charge in [0, 0.05) is 5.02 Å². The molecule has 5 nitrogen and oxygen atoms in total. The molecule has 1 amide bonds. The standard InChI is InChI=1S/C18H20Cl2N2O3S/c1-10-7-11(2)17(12(3)8-10)26(24,25)22-13(4)18(23)21-16-9-14(19)5-6-15(16)20/h5-9,13,22H,1-4H3,(H,21,23). The Balaban J connectivity index is 2.22. The zero-order chi connectivity index (χ0) is 19.6. The average molecular weight is 415 g/mol. The van der Waals surface area contributed by atoms with Crippen molar-refractivity contribution in [1.82, 2.24) is 4.72 Å². The maximum atomic E-state index is 12.7. The van der Waals surface area contributed by atoms with Gasteiger partial charge in [-0.1, -0.05) is 40.9 Å². The summed E-state index contributed by atoms with van der Waals surface area (Å²) in [5, 5.41) is 3.30. The van der Waals surface area contributed by atoms with Crippen molar-refractivity contribution in [3.05, 3.63) is 57.1 Å². The van der Waals surface area contributed by atoms with Crippen LogP contribution >= 0.6 is 23.2 Å². The second-order valence-corrected chi connectivity index (χ2v) is 8.68. The first-order valence-corrected chi connectivity index (χ1v) is 10.1. The molecule has 8 heteroatoms. The van der Waals surface area contributed by atoms with Crippen LogP contribution in [0.15, 0.2) is 35.2 Å². The number of hydrogen-bond acceptors (Lipinski definition) is 3. The van der Waals surface area contributed by atoms with Gasteiger partial charge in [0.2, 0.25) is 15.9 Å². The Morgan fingerprint density at radius 2 is 1.62 bits per heavy atom. The zero-order valence-corrected chi connectivity index (χ0v) is 17.2. The van der Waals surface area contributed by atoms with Crippen LogP contribution in [0.25, 0.3) is 0 Å². The SMILES string of the molecule is Cc1cc(C)c(S(=O)(=O)NC(C)C(=O)Nc2cc(Cl)ccc2Cl)c(C)c1. The van der Waals surface area contributed by atoms with Gasteiger partial charge in [-0.25, -0.2) is 8.42 Å². The van der Waals surface area contributed by atoms with Gasteiger partial charge in [-0.15, -0.1) is 0 Å². The maximum Gasteiger partial charge on any atom is 0.242 e. The number of anilines is 1. The van der Waals surface area contributed by atoms with Crippen molar-refractivity contribution in [3.8, 4) is 0 Å². The molecule has 0 fully saturated rings. The van der Waals surface area contributed by atoms with Crippen LogP contribution in [0.3, 0.4) is 0 Å². The van der Waals surface area contributed by atoms with Crippen LogP contribution in [0, 0.1) is 20.8 Å². The molecule has 0 radical (unpaired) electrons. The van der Waals surface area contributed by atoms with Crippen LogP contribution in [0.1, 0.15) is 23.6 Å². The van der Waals surface area contributed by atoms with E-state index in [-0.39, 0.29) is 4.90 Å². The Kier molecular flexibility index (Phi) is 6.34. The van der Waals surface area contributed by atoms with Crippen molar-refractivity contribution in [2.24, 2.45) is 0 Å². The van der Waals surface area contributed by atoms with Crippen LogP contribution in [-0.4, -0.2) is 20.4 Å². The van der Waals surface area contributed by atoms with E-state index in [1.54, 1.807) is 38.1 Å². The van der Waals surface area contributed by atoms with Gasteiger partial charge in [-0.05, 0) is 57.0 Å². The number of rotatable bonds is 5. The third-order valence-electron chi connectivity index (χ3n) is 3.78. The lowest BCUT2D eigenvalue weighted by molar-refractivity contribution is -0.117. The molecule has 0 saturated heterocycles. The monoisotopic (exact) mass is 414 g/mol. The Hall–Kier alpha value is -1.60. The highest BCUT2D eigenvalue weighted by Crippen LogP contribution is 2.26. The van der Waals surface area contributed by atoms with Crippen LogP contribution < -0.4 is 10.0 Å². The summed E-state index contributed by atoms with van der Waals surface area (Å²) >= 11 is 11.9. The molecule has 0 heterocycles. The number of carbonyl (C=O) groups excluding carboxylic acids is 1. The predicted molar refractivity (Wildman–Crippen MR) is 106 cm³/mol. The summed E-state index contributed by atoms with van der Waals surface area (Å²) < 4.78 is 27.9. The summed E-state index contributed by atoms with van der Waals surface area (Å²) in [7, 11) is -3.86. The minimum absolute atomic E-state index is 0.184. The first-order valence-electron chi connectivity index (χ1n) is 7.87. The molecule has 2 aromatic carbocycles. The summed E-state index contributed by atoms with van der Waals surface area (Å²) in [6.45, 7) is 6.81. The molecule has 0 saturated carbocycles. The van der Waals surface area contributed by atoms with Crippen molar-refractivity contribution in [3.63, 3.8) is 0 Å². The van der Waals surface area contributed by atoms with E-state index in [0.29, 0.717) is 26.9 Å². The number of aryl methyl sites for hydroxylation is 3. The van der Waals surface area contributed by atoms with Crippen molar-refractivity contribution < 1.29 is 13.2 Å². The highest BCUT2D eigenvalue weighted by atomic mass is 35.5. The van der Waals surface area contributed by atoms with Gasteiger partial charge in [0.15, 0.2) is 0 Å².